The van der Waals surface area contributed by atoms with Crippen LogP contribution in [-0.2, 0) is 27.7 Å². The van der Waals surface area contributed by atoms with Crippen molar-refractivity contribution in [3.63, 3.8) is 0 Å². The predicted molar refractivity (Wildman–Crippen MR) is 149 cm³/mol. The first-order chi connectivity index (χ1) is 17.7. The van der Waals surface area contributed by atoms with Crippen LogP contribution in [0.25, 0.3) is 10.8 Å². The summed E-state index contributed by atoms with van der Waals surface area (Å²) >= 11 is 0. The number of hydrogen-bond donors (Lipinski definition) is 1. The van der Waals surface area contributed by atoms with Crippen LogP contribution < -0.4 is 9.73 Å². The van der Waals surface area contributed by atoms with Crippen LogP contribution in [0, 0.1) is 20.8 Å². The topological polar surface area (TPSA) is 78.8 Å². The fourth-order valence-corrected chi connectivity index (χ4v) is 6.32. The smallest absolute Gasteiger partial charge is 0.264 e. The van der Waals surface area contributed by atoms with Crippen molar-refractivity contribution in [1.29, 1.82) is 0 Å². The molecule has 0 heterocycles. The normalized spacial score (nSPS) is 12.8. The van der Waals surface area contributed by atoms with Crippen molar-refractivity contribution in [3.05, 3.63) is 106 Å². The van der Waals surface area contributed by atoms with E-state index in [0.29, 0.717) is 5.69 Å². The highest BCUT2D eigenvalue weighted by Crippen LogP contribution is 2.32. The third kappa shape index (κ3) is 4.87. The van der Waals surface area contributed by atoms with Crippen molar-refractivity contribution in [1.82, 2.24) is 5.43 Å². The van der Waals surface area contributed by atoms with Crippen molar-refractivity contribution in [3.8, 4) is 0 Å². The van der Waals surface area contributed by atoms with Crippen LogP contribution in [0.2, 0.25) is 0 Å². The number of carbonyl (C=O) groups excluding carboxylic acids is 1. The summed E-state index contributed by atoms with van der Waals surface area (Å²) in [6.07, 6.45) is 3.69. The van der Waals surface area contributed by atoms with Gasteiger partial charge in [0.05, 0.1) is 16.8 Å². The fraction of sp³-hybridized carbons (Fsp3) is 0.200. The molecular formula is C30H29N3O3S. The molecule has 5 rings (SSSR count). The summed E-state index contributed by atoms with van der Waals surface area (Å²) < 4.78 is 28.5. The molecule has 37 heavy (non-hydrogen) atoms. The molecule has 188 valence electrons. The fourth-order valence-electron chi connectivity index (χ4n) is 4.85. The quantitative estimate of drug-likeness (QED) is 0.273. The van der Waals surface area contributed by atoms with Gasteiger partial charge >= 0.3 is 0 Å². The van der Waals surface area contributed by atoms with Gasteiger partial charge in [0.15, 0.2) is 0 Å². The van der Waals surface area contributed by atoms with Crippen LogP contribution in [-0.4, -0.2) is 27.1 Å². The zero-order chi connectivity index (χ0) is 26.2. The van der Waals surface area contributed by atoms with Gasteiger partial charge in [0.1, 0.15) is 6.54 Å². The zero-order valence-corrected chi connectivity index (χ0v) is 22.0. The molecule has 1 aliphatic carbocycles. The van der Waals surface area contributed by atoms with Gasteiger partial charge in [0.25, 0.3) is 15.9 Å². The molecule has 0 saturated heterocycles. The van der Waals surface area contributed by atoms with E-state index in [1.54, 1.807) is 36.5 Å². The monoisotopic (exact) mass is 511 g/mol. The Morgan fingerprint density at radius 3 is 2.38 bits per heavy atom. The average Bonchev–Trinajstić information content (AvgIpc) is 3.30. The highest BCUT2D eigenvalue weighted by molar-refractivity contribution is 7.92. The van der Waals surface area contributed by atoms with E-state index in [1.807, 2.05) is 45.0 Å². The number of hydrazone groups is 1. The van der Waals surface area contributed by atoms with Crippen molar-refractivity contribution < 1.29 is 13.2 Å². The summed E-state index contributed by atoms with van der Waals surface area (Å²) in [6, 6.07) is 22.5. The van der Waals surface area contributed by atoms with Gasteiger partial charge in [0.2, 0.25) is 0 Å². The Morgan fingerprint density at radius 2 is 1.62 bits per heavy atom. The van der Waals surface area contributed by atoms with Crippen LogP contribution >= 0.6 is 0 Å². The molecule has 0 bridgehead atoms. The maximum Gasteiger partial charge on any atom is 0.264 e. The van der Waals surface area contributed by atoms with Gasteiger partial charge in [-0.2, -0.15) is 5.10 Å². The lowest BCUT2D eigenvalue weighted by Gasteiger charge is -2.25. The summed E-state index contributed by atoms with van der Waals surface area (Å²) in [4.78, 5) is 13.1. The van der Waals surface area contributed by atoms with Crippen molar-refractivity contribution in [2.75, 3.05) is 10.8 Å². The van der Waals surface area contributed by atoms with Gasteiger partial charge in [0, 0.05) is 5.56 Å². The summed E-state index contributed by atoms with van der Waals surface area (Å²) in [5.74, 6) is -0.529. The molecule has 1 N–H and O–H groups in total. The number of nitrogens with one attached hydrogen (secondary N) is 1. The standard InChI is InChI=1S/C30H29N3O3S/c1-20-8-15-26(16-9-20)37(35,36)33(28-17-21(2)7-10-22(28)3)19-29(34)32-31-18-25-14-13-24-12-11-23-5-4-6-27(25)30(23)24/h4-10,13-18H,11-12,19H2,1-3H3,(H,32,34)/b31-18+. The van der Waals surface area contributed by atoms with E-state index in [-0.39, 0.29) is 4.90 Å². The molecule has 4 aromatic rings. The van der Waals surface area contributed by atoms with E-state index in [0.717, 1.165) is 44.8 Å². The van der Waals surface area contributed by atoms with Crippen molar-refractivity contribution in [2.45, 2.75) is 38.5 Å². The summed E-state index contributed by atoms with van der Waals surface area (Å²) in [6.45, 7) is 5.22. The molecule has 1 amide bonds. The molecule has 0 saturated carbocycles. The molecule has 0 aliphatic heterocycles. The average molecular weight is 512 g/mol. The first-order valence-corrected chi connectivity index (χ1v) is 13.7. The van der Waals surface area contributed by atoms with E-state index >= 15 is 0 Å². The second-order valence-corrected chi connectivity index (χ2v) is 11.4. The van der Waals surface area contributed by atoms with Crippen LogP contribution in [0.3, 0.4) is 0 Å². The Morgan fingerprint density at radius 1 is 0.919 bits per heavy atom. The number of amides is 1. The number of anilines is 1. The van der Waals surface area contributed by atoms with Gasteiger partial charge in [-0.25, -0.2) is 13.8 Å². The highest BCUT2D eigenvalue weighted by atomic mass is 32.2. The summed E-state index contributed by atoms with van der Waals surface area (Å²) in [5, 5.41) is 6.55. The maximum absolute atomic E-state index is 13.7. The number of sulfonamides is 1. The summed E-state index contributed by atoms with van der Waals surface area (Å²) in [5.41, 5.74) is 9.17. The molecule has 6 nitrogen and oxygen atoms in total. The van der Waals surface area contributed by atoms with E-state index < -0.39 is 22.5 Å². The number of nitrogens with zero attached hydrogens (tertiary/aromatic N) is 2. The molecule has 0 unspecified atom stereocenters. The van der Waals surface area contributed by atoms with Crippen LogP contribution in [0.5, 0.6) is 0 Å². The van der Waals surface area contributed by atoms with Gasteiger partial charge in [-0.1, -0.05) is 60.2 Å². The summed E-state index contributed by atoms with van der Waals surface area (Å²) in [7, 11) is -3.99. The van der Waals surface area contributed by atoms with E-state index in [2.05, 4.69) is 28.7 Å². The minimum Gasteiger partial charge on any atom is -0.271 e. The zero-order valence-electron chi connectivity index (χ0n) is 21.2. The molecule has 4 aromatic carbocycles. The lowest BCUT2D eigenvalue weighted by Crippen LogP contribution is -2.40. The minimum atomic E-state index is -3.99. The van der Waals surface area contributed by atoms with Crippen molar-refractivity contribution >= 4 is 38.6 Å². The predicted octanol–water partition coefficient (Wildman–Crippen LogP) is 5.21. The maximum atomic E-state index is 13.7. The molecule has 0 atom stereocenters. The largest absolute Gasteiger partial charge is 0.271 e. The third-order valence-electron chi connectivity index (χ3n) is 6.83. The van der Waals surface area contributed by atoms with E-state index in [1.165, 1.54) is 16.5 Å². The third-order valence-corrected chi connectivity index (χ3v) is 8.61. The van der Waals surface area contributed by atoms with Gasteiger partial charge in [-0.05, 0) is 84.8 Å². The van der Waals surface area contributed by atoms with E-state index in [4.69, 9.17) is 0 Å². The van der Waals surface area contributed by atoms with Crippen LogP contribution in [0.15, 0.2) is 82.8 Å². The van der Waals surface area contributed by atoms with Gasteiger partial charge in [-0.15, -0.1) is 0 Å². The number of carbonyl (C=O) groups is 1. The molecule has 0 fully saturated rings. The second-order valence-electron chi connectivity index (χ2n) is 9.56. The number of rotatable bonds is 7. The molecule has 0 aromatic heterocycles. The molecule has 1 aliphatic rings. The van der Waals surface area contributed by atoms with Gasteiger partial charge < -0.3 is 0 Å². The Labute approximate surface area is 217 Å². The minimum absolute atomic E-state index is 0.128. The molecule has 0 spiro atoms. The molecule has 7 heteroatoms. The van der Waals surface area contributed by atoms with E-state index in [9.17, 15) is 13.2 Å². The Balaban J connectivity index is 1.42. The number of benzene rings is 4. The van der Waals surface area contributed by atoms with Crippen molar-refractivity contribution in [2.24, 2.45) is 5.10 Å². The molecular weight excluding hydrogens is 482 g/mol. The highest BCUT2D eigenvalue weighted by Gasteiger charge is 2.28. The van der Waals surface area contributed by atoms with Gasteiger partial charge in [-0.3, -0.25) is 9.10 Å². The first kappa shape index (κ1) is 24.7. The van der Waals surface area contributed by atoms with Crippen LogP contribution in [0.4, 0.5) is 5.69 Å². The Hall–Kier alpha value is -3.97. The number of aryl methyl sites for hydroxylation is 5. The van der Waals surface area contributed by atoms with Crippen LogP contribution in [0.1, 0.15) is 33.4 Å². The lowest BCUT2D eigenvalue weighted by molar-refractivity contribution is -0.119. The first-order valence-electron chi connectivity index (χ1n) is 12.3. The SMILES string of the molecule is Cc1ccc(S(=O)(=O)N(CC(=O)N/N=C/c2ccc3c4c(cccc24)CC3)c2cc(C)ccc2C)cc1. The second kappa shape index (κ2) is 9.82. The Kier molecular flexibility index (Phi) is 6.56. The number of hydrogen-bond acceptors (Lipinski definition) is 4. The lowest BCUT2D eigenvalue weighted by atomic mass is 10.0. The Bertz CT molecular complexity index is 1630. The molecule has 0 radical (unpaired) electrons.